The van der Waals surface area contributed by atoms with E-state index in [1.54, 1.807) is 24.3 Å². The van der Waals surface area contributed by atoms with Gasteiger partial charge in [-0.1, -0.05) is 74.7 Å². The van der Waals surface area contributed by atoms with Crippen molar-refractivity contribution in [2.75, 3.05) is 6.61 Å². The van der Waals surface area contributed by atoms with Crippen molar-refractivity contribution in [2.24, 2.45) is 17.8 Å². The fourth-order valence-corrected chi connectivity index (χ4v) is 6.82. The van der Waals surface area contributed by atoms with Gasteiger partial charge < -0.3 is 4.74 Å². The summed E-state index contributed by atoms with van der Waals surface area (Å²) in [5, 5.41) is 0. The van der Waals surface area contributed by atoms with E-state index >= 15 is 4.39 Å². The van der Waals surface area contributed by atoms with Crippen LogP contribution in [0.2, 0.25) is 0 Å². The summed E-state index contributed by atoms with van der Waals surface area (Å²) in [5.74, 6) is 0.215. The monoisotopic (exact) mass is 572 g/mol. The number of ether oxygens (including phenoxy) is 1. The summed E-state index contributed by atoms with van der Waals surface area (Å²) < 4.78 is 50.1. The summed E-state index contributed by atoms with van der Waals surface area (Å²) in [6.45, 7) is 6.23. The smallest absolute Gasteiger partial charge is 0.201 e. The number of hydrogen-bond donors (Lipinski definition) is 0. The van der Waals surface area contributed by atoms with Gasteiger partial charge in [-0.2, -0.15) is 4.39 Å². The van der Waals surface area contributed by atoms with Gasteiger partial charge >= 0.3 is 0 Å². The van der Waals surface area contributed by atoms with E-state index in [0.717, 1.165) is 73.0 Å². The lowest BCUT2D eigenvalue weighted by atomic mass is 9.70. The first kappa shape index (κ1) is 30.2. The zero-order valence-electron chi connectivity index (χ0n) is 24.8. The van der Waals surface area contributed by atoms with Gasteiger partial charge in [-0.05, 0) is 110 Å². The molecule has 5 rings (SSSR count). The Labute approximate surface area is 249 Å². The molecule has 2 aliphatic rings. The Balaban J connectivity index is 1.22. The van der Waals surface area contributed by atoms with Crippen LogP contribution in [0.3, 0.4) is 0 Å². The van der Waals surface area contributed by atoms with Crippen molar-refractivity contribution < 1.29 is 17.9 Å². The van der Waals surface area contributed by atoms with Crippen molar-refractivity contribution in [1.29, 1.82) is 0 Å². The molecule has 1 atom stereocenters. The first-order valence-corrected chi connectivity index (χ1v) is 15.8. The van der Waals surface area contributed by atoms with Gasteiger partial charge in [-0.25, -0.2) is 8.78 Å². The van der Waals surface area contributed by atoms with Gasteiger partial charge in [0.05, 0.1) is 6.61 Å². The SMILES string of the molecule is C=CCCC1CCC(C2CC=C(c3ccc(-c4ccc(-c5ccc(OCCCC)c(F)c5F)cc4)cc3F)CC2)CC1. The maximum Gasteiger partial charge on any atom is 0.201 e. The number of allylic oxidation sites excluding steroid dienone is 3. The molecule has 0 aromatic heterocycles. The number of hydrogen-bond acceptors (Lipinski definition) is 1. The first-order chi connectivity index (χ1) is 20.5. The van der Waals surface area contributed by atoms with Gasteiger partial charge in [-0.15, -0.1) is 6.58 Å². The minimum Gasteiger partial charge on any atom is -0.490 e. The molecular weight excluding hydrogens is 529 g/mol. The van der Waals surface area contributed by atoms with E-state index in [1.807, 2.05) is 37.3 Å². The quantitative estimate of drug-likeness (QED) is 0.164. The standard InChI is InChI=1S/C38H43F3O/c1-3-5-7-26-8-10-27(11-9-26)28-12-16-30(17-13-28)33-21-20-32(25-35(33)39)29-14-18-31(19-15-29)34-22-23-36(38(41)37(34)40)42-24-6-4-2/h3,14-16,18-23,25-28H,1,4-13,17,24H2,2H3. The molecule has 2 aliphatic carbocycles. The van der Waals surface area contributed by atoms with E-state index in [2.05, 4.69) is 12.7 Å². The minimum atomic E-state index is -0.972. The summed E-state index contributed by atoms with van der Waals surface area (Å²) in [6.07, 6.45) is 16.9. The van der Waals surface area contributed by atoms with Crippen LogP contribution in [0.15, 0.2) is 73.3 Å². The number of benzene rings is 3. The molecule has 0 aliphatic heterocycles. The molecule has 0 amide bonds. The molecule has 222 valence electrons. The second-order valence-corrected chi connectivity index (χ2v) is 12.1. The predicted molar refractivity (Wildman–Crippen MR) is 168 cm³/mol. The largest absolute Gasteiger partial charge is 0.490 e. The van der Waals surface area contributed by atoms with Crippen LogP contribution in [0, 0.1) is 35.2 Å². The normalized spacial score (nSPS) is 20.7. The summed E-state index contributed by atoms with van der Waals surface area (Å²) in [5.41, 5.74) is 4.12. The van der Waals surface area contributed by atoms with Crippen molar-refractivity contribution in [1.82, 2.24) is 0 Å². The van der Waals surface area contributed by atoms with E-state index < -0.39 is 11.6 Å². The molecule has 1 fully saturated rings. The second kappa shape index (κ2) is 14.3. The third-order valence-corrected chi connectivity index (χ3v) is 9.44. The highest BCUT2D eigenvalue weighted by atomic mass is 19.2. The Bertz CT molecular complexity index is 1380. The molecule has 3 aromatic carbocycles. The van der Waals surface area contributed by atoms with Crippen molar-refractivity contribution in [3.05, 3.63) is 96.3 Å². The third kappa shape index (κ3) is 7.02. The molecule has 0 radical (unpaired) electrons. The fraction of sp³-hybridized carbons (Fsp3) is 0.421. The fourth-order valence-electron chi connectivity index (χ4n) is 6.82. The topological polar surface area (TPSA) is 9.23 Å². The van der Waals surface area contributed by atoms with Crippen LogP contribution in [0.4, 0.5) is 13.2 Å². The number of unbranched alkanes of at least 4 members (excludes halogenated alkanes) is 1. The maximum atomic E-state index is 15.4. The molecular formula is C38H43F3O. The van der Waals surface area contributed by atoms with Crippen LogP contribution in [-0.4, -0.2) is 6.61 Å². The highest BCUT2D eigenvalue weighted by Crippen LogP contribution is 2.42. The number of rotatable bonds is 11. The lowest BCUT2D eigenvalue weighted by Gasteiger charge is -2.35. The van der Waals surface area contributed by atoms with Crippen LogP contribution < -0.4 is 4.74 Å². The van der Waals surface area contributed by atoms with E-state index in [0.29, 0.717) is 17.7 Å². The van der Waals surface area contributed by atoms with Gasteiger partial charge in [0.1, 0.15) is 5.82 Å². The zero-order chi connectivity index (χ0) is 29.5. The molecule has 42 heavy (non-hydrogen) atoms. The van der Waals surface area contributed by atoms with Gasteiger partial charge in [-0.3, -0.25) is 0 Å². The van der Waals surface area contributed by atoms with Crippen LogP contribution in [0.1, 0.15) is 83.1 Å². The first-order valence-electron chi connectivity index (χ1n) is 15.8. The Hall–Kier alpha value is -3.27. The van der Waals surface area contributed by atoms with E-state index in [1.165, 1.54) is 38.2 Å². The number of halogens is 3. The average Bonchev–Trinajstić information content (AvgIpc) is 3.03. The van der Waals surface area contributed by atoms with Crippen LogP contribution in [0.5, 0.6) is 5.75 Å². The van der Waals surface area contributed by atoms with Crippen LogP contribution >= 0.6 is 0 Å². The van der Waals surface area contributed by atoms with Crippen molar-refractivity contribution in [3.63, 3.8) is 0 Å². The summed E-state index contributed by atoms with van der Waals surface area (Å²) in [7, 11) is 0. The van der Waals surface area contributed by atoms with E-state index in [4.69, 9.17) is 4.74 Å². The van der Waals surface area contributed by atoms with E-state index in [9.17, 15) is 8.78 Å². The summed E-state index contributed by atoms with van der Waals surface area (Å²) in [4.78, 5) is 0. The van der Waals surface area contributed by atoms with E-state index in [-0.39, 0.29) is 17.1 Å². The van der Waals surface area contributed by atoms with Gasteiger partial charge in [0, 0.05) is 11.1 Å². The summed E-state index contributed by atoms with van der Waals surface area (Å²) in [6, 6.07) is 15.6. The second-order valence-electron chi connectivity index (χ2n) is 12.1. The maximum absolute atomic E-state index is 15.4. The molecule has 0 spiro atoms. The Morgan fingerprint density at radius 2 is 1.52 bits per heavy atom. The van der Waals surface area contributed by atoms with Crippen LogP contribution in [-0.2, 0) is 0 Å². The molecule has 0 bridgehead atoms. The molecule has 1 unspecified atom stereocenters. The Kier molecular flexibility index (Phi) is 10.3. The highest BCUT2D eigenvalue weighted by Gasteiger charge is 2.29. The third-order valence-electron chi connectivity index (χ3n) is 9.44. The van der Waals surface area contributed by atoms with Gasteiger partial charge in [0.15, 0.2) is 11.6 Å². The Morgan fingerprint density at radius 3 is 2.19 bits per heavy atom. The molecule has 3 aromatic rings. The van der Waals surface area contributed by atoms with Gasteiger partial charge in [0.25, 0.3) is 0 Å². The highest BCUT2D eigenvalue weighted by molar-refractivity contribution is 5.74. The predicted octanol–water partition coefficient (Wildman–Crippen LogP) is 11.6. The molecule has 1 saturated carbocycles. The van der Waals surface area contributed by atoms with Crippen molar-refractivity contribution in [3.8, 4) is 28.0 Å². The summed E-state index contributed by atoms with van der Waals surface area (Å²) >= 11 is 0. The molecule has 0 saturated heterocycles. The van der Waals surface area contributed by atoms with Crippen molar-refractivity contribution >= 4 is 5.57 Å². The average molecular weight is 573 g/mol. The molecule has 0 heterocycles. The molecule has 1 nitrogen and oxygen atoms in total. The molecule has 4 heteroatoms. The zero-order valence-corrected chi connectivity index (χ0v) is 24.8. The lowest BCUT2D eigenvalue weighted by Crippen LogP contribution is -2.23. The minimum absolute atomic E-state index is 0.0671. The van der Waals surface area contributed by atoms with Crippen molar-refractivity contribution in [2.45, 2.75) is 77.6 Å². The van der Waals surface area contributed by atoms with Gasteiger partial charge in [0.2, 0.25) is 5.82 Å². The van der Waals surface area contributed by atoms with Crippen LogP contribution in [0.25, 0.3) is 27.8 Å². The molecule has 0 N–H and O–H groups in total. The lowest BCUT2D eigenvalue weighted by molar-refractivity contribution is 0.190. The Morgan fingerprint density at radius 1 is 0.810 bits per heavy atom.